The molecule has 1 amide bonds. The van der Waals surface area contributed by atoms with Crippen LogP contribution >= 0.6 is 0 Å². The molecule has 1 saturated carbocycles. The van der Waals surface area contributed by atoms with Gasteiger partial charge in [0.15, 0.2) is 11.4 Å². The van der Waals surface area contributed by atoms with Crippen LogP contribution in [0, 0.1) is 11.8 Å². The monoisotopic (exact) mass is 345 g/mol. The number of fused-ring (bicyclic) bond motifs is 2. The van der Waals surface area contributed by atoms with Gasteiger partial charge in [-0.2, -0.15) is 0 Å². The molecule has 0 spiro atoms. The first kappa shape index (κ1) is 16.0. The minimum atomic E-state index is -0.514. The lowest BCUT2D eigenvalue weighted by Crippen LogP contribution is -2.63. The SMILES string of the molecule is COC[C@@H]1[C@H](NC(=O)c2cnc3c(O)cccn3c2=O)[C@@H]2CCO[C@H]12. The van der Waals surface area contributed by atoms with E-state index in [-0.39, 0.29) is 40.9 Å². The van der Waals surface area contributed by atoms with Crippen molar-refractivity contribution in [1.29, 1.82) is 0 Å². The molecule has 2 aromatic rings. The van der Waals surface area contributed by atoms with E-state index >= 15 is 0 Å². The molecular formula is C17H19N3O5. The Bertz CT molecular complexity index is 880. The Morgan fingerprint density at radius 2 is 2.40 bits per heavy atom. The number of ether oxygens (including phenoxy) is 2. The molecule has 8 nitrogen and oxygen atoms in total. The van der Waals surface area contributed by atoms with Crippen LogP contribution < -0.4 is 10.9 Å². The van der Waals surface area contributed by atoms with Crippen molar-refractivity contribution in [2.75, 3.05) is 20.3 Å². The van der Waals surface area contributed by atoms with Crippen LogP contribution in [0.25, 0.3) is 5.65 Å². The van der Waals surface area contributed by atoms with E-state index in [2.05, 4.69) is 10.3 Å². The zero-order valence-electron chi connectivity index (χ0n) is 13.7. The molecule has 0 bridgehead atoms. The summed E-state index contributed by atoms with van der Waals surface area (Å²) in [6.45, 7) is 1.18. The highest BCUT2D eigenvalue weighted by Gasteiger charge is 2.54. The number of nitrogens with zero attached hydrogens (tertiary/aromatic N) is 2. The van der Waals surface area contributed by atoms with Gasteiger partial charge >= 0.3 is 0 Å². The van der Waals surface area contributed by atoms with Crippen LogP contribution in [0.5, 0.6) is 5.75 Å². The minimum absolute atomic E-state index is 0.0540. The fraction of sp³-hybridized carbons (Fsp3) is 0.471. The normalized spacial score (nSPS) is 27.7. The van der Waals surface area contributed by atoms with E-state index in [0.717, 1.165) is 6.42 Å². The maximum atomic E-state index is 12.6. The number of methoxy groups -OCH3 is 1. The molecule has 1 aliphatic heterocycles. The average Bonchev–Trinajstić information content (AvgIpc) is 3.03. The zero-order valence-corrected chi connectivity index (χ0v) is 13.7. The summed E-state index contributed by atoms with van der Waals surface area (Å²) in [5, 5.41) is 12.7. The maximum Gasteiger partial charge on any atom is 0.270 e. The summed E-state index contributed by atoms with van der Waals surface area (Å²) in [7, 11) is 1.62. The Morgan fingerprint density at radius 1 is 1.56 bits per heavy atom. The number of pyridine rings is 1. The number of nitrogens with one attached hydrogen (secondary N) is 1. The molecular weight excluding hydrogens is 326 g/mol. The molecule has 2 N–H and O–H groups in total. The van der Waals surface area contributed by atoms with Gasteiger partial charge in [-0.15, -0.1) is 0 Å². The quantitative estimate of drug-likeness (QED) is 0.820. The molecule has 2 aromatic heterocycles. The summed E-state index contributed by atoms with van der Waals surface area (Å²) in [6, 6.07) is 2.88. The molecule has 3 heterocycles. The Hall–Kier alpha value is -2.45. The number of amides is 1. The van der Waals surface area contributed by atoms with Crippen LogP contribution in [-0.2, 0) is 9.47 Å². The van der Waals surface area contributed by atoms with Crippen LogP contribution in [0.1, 0.15) is 16.8 Å². The number of hydrogen-bond donors (Lipinski definition) is 2. The number of aromatic hydroxyl groups is 1. The minimum Gasteiger partial charge on any atom is -0.504 e. The van der Waals surface area contributed by atoms with E-state index in [1.54, 1.807) is 7.11 Å². The third-order valence-corrected chi connectivity index (χ3v) is 5.14. The van der Waals surface area contributed by atoms with Crippen LogP contribution in [0.2, 0.25) is 0 Å². The summed E-state index contributed by atoms with van der Waals surface area (Å²) in [5.41, 5.74) is -0.448. The number of carbonyl (C=O) groups excluding carboxylic acids is 1. The van der Waals surface area contributed by atoms with Gasteiger partial charge < -0.3 is 19.9 Å². The molecule has 8 heteroatoms. The van der Waals surface area contributed by atoms with Gasteiger partial charge in [-0.1, -0.05) is 0 Å². The second kappa shape index (κ2) is 6.12. The van der Waals surface area contributed by atoms with Gasteiger partial charge in [-0.05, 0) is 18.6 Å². The predicted molar refractivity (Wildman–Crippen MR) is 87.6 cm³/mol. The van der Waals surface area contributed by atoms with Crippen molar-refractivity contribution in [3.63, 3.8) is 0 Å². The molecule has 2 aliphatic rings. The summed E-state index contributed by atoms with van der Waals surface area (Å²) in [6.07, 6.45) is 3.68. The van der Waals surface area contributed by atoms with Gasteiger partial charge in [0.05, 0.1) is 12.7 Å². The van der Waals surface area contributed by atoms with Crippen molar-refractivity contribution in [3.8, 4) is 5.75 Å². The standard InChI is InChI=1S/C17H19N3O5/c1-24-8-11-13(9-4-6-25-14(9)11)19-16(22)10-7-18-15-12(21)3-2-5-20(15)17(10)23/h2-3,5,7,9,11,13-14,21H,4,6,8H2,1H3,(H,19,22)/t9-,11+,13+,14-/m0/s1. The molecule has 4 rings (SSSR count). The van der Waals surface area contributed by atoms with Crippen molar-refractivity contribution in [3.05, 3.63) is 40.4 Å². The first-order valence-electron chi connectivity index (χ1n) is 8.22. The smallest absolute Gasteiger partial charge is 0.270 e. The lowest BCUT2D eigenvalue weighted by Gasteiger charge is -2.47. The maximum absolute atomic E-state index is 12.6. The number of aromatic nitrogens is 2. The van der Waals surface area contributed by atoms with Gasteiger partial charge in [0.1, 0.15) is 5.56 Å². The van der Waals surface area contributed by atoms with E-state index in [4.69, 9.17) is 9.47 Å². The van der Waals surface area contributed by atoms with Crippen LogP contribution in [0.3, 0.4) is 0 Å². The molecule has 25 heavy (non-hydrogen) atoms. The Morgan fingerprint density at radius 3 is 3.20 bits per heavy atom. The van der Waals surface area contributed by atoms with Crippen molar-refractivity contribution < 1.29 is 19.4 Å². The average molecular weight is 345 g/mol. The summed E-state index contributed by atoms with van der Waals surface area (Å²) < 4.78 is 12.1. The molecule has 1 saturated heterocycles. The zero-order chi connectivity index (χ0) is 17.6. The van der Waals surface area contributed by atoms with Crippen LogP contribution in [0.4, 0.5) is 0 Å². The number of hydrogen-bond acceptors (Lipinski definition) is 6. The molecule has 132 valence electrons. The molecule has 0 radical (unpaired) electrons. The van der Waals surface area contributed by atoms with E-state index in [1.807, 2.05) is 0 Å². The topological polar surface area (TPSA) is 102 Å². The van der Waals surface area contributed by atoms with Gasteiger partial charge in [0, 0.05) is 44.0 Å². The van der Waals surface area contributed by atoms with Crippen molar-refractivity contribution in [1.82, 2.24) is 14.7 Å². The van der Waals surface area contributed by atoms with E-state index < -0.39 is 11.5 Å². The molecule has 1 aliphatic carbocycles. The highest BCUT2D eigenvalue weighted by atomic mass is 16.5. The highest BCUT2D eigenvalue weighted by Crippen LogP contribution is 2.43. The number of rotatable bonds is 4. The van der Waals surface area contributed by atoms with Gasteiger partial charge in [-0.3, -0.25) is 14.0 Å². The predicted octanol–water partition coefficient (Wildman–Crippen LogP) is 0.180. The molecule has 4 atom stereocenters. The Labute approximate surface area is 143 Å². The van der Waals surface area contributed by atoms with E-state index in [1.165, 1.54) is 28.9 Å². The van der Waals surface area contributed by atoms with Gasteiger partial charge in [0.25, 0.3) is 11.5 Å². The van der Waals surface area contributed by atoms with E-state index in [0.29, 0.717) is 13.2 Å². The lowest BCUT2D eigenvalue weighted by atomic mass is 9.67. The van der Waals surface area contributed by atoms with Crippen molar-refractivity contribution >= 4 is 11.6 Å². The van der Waals surface area contributed by atoms with Crippen LogP contribution in [0.15, 0.2) is 29.3 Å². The first-order valence-corrected chi connectivity index (χ1v) is 8.22. The van der Waals surface area contributed by atoms with Crippen molar-refractivity contribution in [2.45, 2.75) is 18.6 Å². The Kier molecular flexibility index (Phi) is 3.93. The number of carbonyl (C=O) groups is 1. The molecule has 0 unspecified atom stereocenters. The van der Waals surface area contributed by atoms with Crippen molar-refractivity contribution in [2.24, 2.45) is 11.8 Å². The molecule has 2 fully saturated rings. The van der Waals surface area contributed by atoms with Gasteiger partial charge in [0.2, 0.25) is 0 Å². The summed E-state index contributed by atoms with van der Waals surface area (Å²) >= 11 is 0. The fourth-order valence-corrected chi connectivity index (χ4v) is 3.91. The highest BCUT2D eigenvalue weighted by molar-refractivity contribution is 5.94. The third kappa shape index (κ3) is 2.49. The molecule has 0 aromatic carbocycles. The Balaban J connectivity index is 1.60. The summed E-state index contributed by atoms with van der Waals surface area (Å²) in [5.74, 6) is -0.241. The second-order valence-electron chi connectivity index (χ2n) is 6.47. The van der Waals surface area contributed by atoms with Crippen LogP contribution in [-0.4, -0.2) is 52.9 Å². The first-order chi connectivity index (χ1) is 12.1. The third-order valence-electron chi connectivity index (χ3n) is 5.14. The largest absolute Gasteiger partial charge is 0.504 e. The lowest BCUT2D eigenvalue weighted by molar-refractivity contribution is -0.0809. The van der Waals surface area contributed by atoms with E-state index in [9.17, 15) is 14.7 Å². The second-order valence-corrected chi connectivity index (χ2v) is 6.47. The van der Waals surface area contributed by atoms with Gasteiger partial charge in [-0.25, -0.2) is 4.98 Å². The fourth-order valence-electron chi connectivity index (χ4n) is 3.91. The summed E-state index contributed by atoms with van der Waals surface area (Å²) in [4.78, 5) is 29.2.